The van der Waals surface area contributed by atoms with E-state index in [1.807, 2.05) is 39.8 Å². The number of Topliss-reactive ketones (excluding diaryl/α,β-unsaturated/α-hetero) is 1. The quantitative estimate of drug-likeness (QED) is 0.851. The molecule has 1 N–H and O–H groups in total. The summed E-state index contributed by atoms with van der Waals surface area (Å²) in [6.45, 7) is 7.81. The molecule has 0 fully saturated rings. The van der Waals surface area contributed by atoms with E-state index in [0.717, 1.165) is 28.8 Å². The summed E-state index contributed by atoms with van der Waals surface area (Å²) >= 11 is 7.56. The first-order valence-corrected chi connectivity index (χ1v) is 8.97. The van der Waals surface area contributed by atoms with E-state index in [1.165, 1.54) is 11.8 Å². The standard InChI is InChI=1S/C17H21ClN2O2S/c1-5-6-15(21)17(3,4)12-7-11(8-13(18)10(12)2)14-9-23-16(22)20-19-14/h7-8H,5-6,9H2,1-4H3,(H,20,22). The van der Waals surface area contributed by atoms with Crippen LogP contribution in [0.15, 0.2) is 17.2 Å². The van der Waals surface area contributed by atoms with E-state index in [1.54, 1.807) is 0 Å². The molecule has 1 heterocycles. The zero-order valence-electron chi connectivity index (χ0n) is 13.8. The summed E-state index contributed by atoms with van der Waals surface area (Å²) < 4.78 is 0. The van der Waals surface area contributed by atoms with Crippen LogP contribution in [0.1, 0.15) is 50.3 Å². The molecular formula is C17H21ClN2O2S. The maximum atomic E-state index is 12.5. The average molecular weight is 353 g/mol. The molecule has 0 aromatic heterocycles. The number of hydrazone groups is 1. The lowest BCUT2D eigenvalue weighted by Crippen LogP contribution is -2.30. The van der Waals surface area contributed by atoms with Gasteiger partial charge in [0.2, 0.25) is 0 Å². The number of halogens is 1. The predicted molar refractivity (Wildman–Crippen MR) is 96.7 cm³/mol. The van der Waals surface area contributed by atoms with Crippen LogP contribution in [0.5, 0.6) is 0 Å². The van der Waals surface area contributed by atoms with E-state index < -0.39 is 5.41 Å². The highest BCUT2D eigenvalue weighted by Crippen LogP contribution is 2.34. The zero-order valence-corrected chi connectivity index (χ0v) is 15.4. The van der Waals surface area contributed by atoms with E-state index in [4.69, 9.17) is 11.6 Å². The second kappa shape index (κ2) is 7.05. The average Bonchev–Trinajstić information content (AvgIpc) is 2.50. The van der Waals surface area contributed by atoms with Crippen molar-refractivity contribution >= 4 is 40.1 Å². The minimum Gasteiger partial charge on any atom is -0.299 e. The summed E-state index contributed by atoms with van der Waals surface area (Å²) in [5, 5.41) is 4.56. The number of hydrogen-bond donors (Lipinski definition) is 1. The number of thioether (sulfide) groups is 1. The number of hydrogen-bond acceptors (Lipinski definition) is 4. The number of carbonyl (C=O) groups excluding carboxylic acids is 2. The molecule has 0 radical (unpaired) electrons. The summed E-state index contributed by atoms with van der Waals surface area (Å²) in [5.41, 5.74) is 5.30. The maximum absolute atomic E-state index is 12.5. The second-order valence-electron chi connectivity index (χ2n) is 6.18. The summed E-state index contributed by atoms with van der Waals surface area (Å²) in [6.07, 6.45) is 1.37. The molecule has 1 aromatic rings. The van der Waals surface area contributed by atoms with Gasteiger partial charge in [0.25, 0.3) is 5.24 Å². The third-order valence-corrected chi connectivity index (χ3v) is 5.31. The molecule has 1 aromatic carbocycles. The normalized spacial score (nSPS) is 15.2. The molecule has 0 saturated carbocycles. The molecule has 2 rings (SSSR count). The smallest absolute Gasteiger partial charge is 0.299 e. The highest BCUT2D eigenvalue weighted by molar-refractivity contribution is 8.14. The van der Waals surface area contributed by atoms with Gasteiger partial charge in [-0.3, -0.25) is 9.59 Å². The molecule has 1 amide bonds. The first-order valence-electron chi connectivity index (χ1n) is 7.61. The molecule has 0 aliphatic carbocycles. The van der Waals surface area contributed by atoms with Gasteiger partial charge >= 0.3 is 0 Å². The van der Waals surface area contributed by atoms with Gasteiger partial charge < -0.3 is 0 Å². The van der Waals surface area contributed by atoms with Gasteiger partial charge in [0.15, 0.2) is 0 Å². The van der Waals surface area contributed by atoms with Gasteiger partial charge in [-0.25, -0.2) is 5.43 Å². The minimum absolute atomic E-state index is 0.161. The van der Waals surface area contributed by atoms with Gasteiger partial charge in [-0.2, -0.15) is 5.10 Å². The molecule has 0 atom stereocenters. The molecule has 4 nitrogen and oxygen atoms in total. The highest BCUT2D eigenvalue weighted by atomic mass is 35.5. The van der Waals surface area contributed by atoms with Crippen LogP contribution in [-0.2, 0) is 10.2 Å². The molecule has 0 spiro atoms. The lowest BCUT2D eigenvalue weighted by Gasteiger charge is -2.27. The molecule has 23 heavy (non-hydrogen) atoms. The first-order chi connectivity index (χ1) is 10.8. The third kappa shape index (κ3) is 3.78. The van der Waals surface area contributed by atoms with Gasteiger partial charge in [0.1, 0.15) is 5.78 Å². The van der Waals surface area contributed by atoms with Crippen molar-refractivity contribution in [3.63, 3.8) is 0 Å². The minimum atomic E-state index is -0.606. The van der Waals surface area contributed by atoms with E-state index >= 15 is 0 Å². The topological polar surface area (TPSA) is 58.5 Å². The molecule has 0 saturated heterocycles. The first kappa shape index (κ1) is 18.0. The summed E-state index contributed by atoms with van der Waals surface area (Å²) in [6, 6.07) is 3.82. The third-order valence-electron chi connectivity index (χ3n) is 4.15. The Kier molecular flexibility index (Phi) is 5.53. The number of nitrogens with zero attached hydrogens (tertiary/aromatic N) is 1. The number of ketones is 1. The number of rotatable bonds is 5. The van der Waals surface area contributed by atoms with Crippen molar-refractivity contribution in [2.45, 2.75) is 46.0 Å². The Balaban J connectivity index is 2.48. The van der Waals surface area contributed by atoms with Crippen LogP contribution in [0.3, 0.4) is 0 Å². The molecular weight excluding hydrogens is 332 g/mol. The van der Waals surface area contributed by atoms with Crippen LogP contribution >= 0.6 is 23.4 Å². The number of benzene rings is 1. The number of amides is 1. The highest BCUT2D eigenvalue weighted by Gasteiger charge is 2.31. The van der Waals surface area contributed by atoms with Crippen molar-refractivity contribution in [3.05, 3.63) is 33.8 Å². The van der Waals surface area contributed by atoms with Crippen molar-refractivity contribution in [1.82, 2.24) is 5.43 Å². The predicted octanol–water partition coefficient (Wildman–Crippen LogP) is 4.46. The van der Waals surface area contributed by atoms with Crippen molar-refractivity contribution in [2.75, 3.05) is 5.75 Å². The SMILES string of the molecule is CCCC(=O)C(C)(C)c1cc(C2=NNC(=O)SC2)cc(Cl)c1C. The van der Waals surface area contributed by atoms with Crippen LogP contribution in [0.4, 0.5) is 4.79 Å². The Morgan fingerprint density at radius 2 is 2.13 bits per heavy atom. The fraction of sp³-hybridized carbons (Fsp3) is 0.471. The van der Waals surface area contributed by atoms with E-state index in [2.05, 4.69) is 10.5 Å². The Morgan fingerprint density at radius 1 is 1.43 bits per heavy atom. The number of carbonyl (C=O) groups is 2. The fourth-order valence-corrected chi connectivity index (χ4v) is 3.47. The monoisotopic (exact) mass is 352 g/mol. The molecule has 124 valence electrons. The van der Waals surface area contributed by atoms with Gasteiger partial charge in [-0.05, 0) is 50.5 Å². The fourth-order valence-electron chi connectivity index (χ4n) is 2.64. The van der Waals surface area contributed by atoms with Gasteiger partial charge in [-0.15, -0.1) is 0 Å². The van der Waals surface area contributed by atoms with Crippen LogP contribution < -0.4 is 5.43 Å². The van der Waals surface area contributed by atoms with Crippen LogP contribution in [0, 0.1) is 6.92 Å². The summed E-state index contributed by atoms with van der Waals surface area (Å²) in [4.78, 5) is 23.7. The molecule has 6 heteroatoms. The van der Waals surface area contributed by atoms with Crippen LogP contribution in [0.2, 0.25) is 5.02 Å². The van der Waals surface area contributed by atoms with E-state index in [-0.39, 0.29) is 11.0 Å². The van der Waals surface area contributed by atoms with E-state index in [0.29, 0.717) is 17.2 Å². The van der Waals surface area contributed by atoms with Crippen molar-refractivity contribution < 1.29 is 9.59 Å². The van der Waals surface area contributed by atoms with Crippen molar-refractivity contribution in [1.29, 1.82) is 0 Å². The lowest BCUT2D eigenvalue weighted by atomic mass is 9.76. The zero-order chi connectivity index (χ0) is 17.2. The molecule has 1 aliphatic rings. The van der Waals surface area contributed by atoms with Crippen molar-refractivity contribution in [3.8, 4) is 0 Å². The molecule has 0 bridgehead atoms. The maximum Gasteiger partial charge on any atom is 0.299 e. The Bertz CT molecular complexity index is 683. The van der Waals surface area contributed by atoms with Gasteiger partial charge in [-0.1, -0.05) is 30.3 Å². The molecule has 0 unspecified atom stereocenters. The Morgan fingerprint density at radius 3 is 2.70 bits per heavy atom. The van der Waals surface area contributed by atoms with Gasteiger partial charge in [0, 0.05) is 28.2 Å². The van der Waals surface area contributed by atoms with E-state index in [9.17, 15) is 9.59 Å². The lowest BCUT2D eigenvalue weighted by molar-refractivity contribution is -0.123. The van der Waals surface area contributed by atoms with Gasteiger partial charge in [0.05, 0.1) is 5.71 Å². The summed E-state index contributed by atoms with van der Waals surface area (Å²) in [7, 11) is 0. The second-order valence-corrected chi connectivity index (χ2v) is 7.53. The van der Waals surface area contributed by atoms with Crippen molar-refractivity contribution in [2.24, 2.45) is 5.10 Å². The van der Waals surface area contributed by atoms with Crippen LogP contribution in [-0.4, -0.2) is 22.5 Å². The molecule has 1 aliphatic heterocycles. The Hall–Kier alpha value is -1.33. The summed E-state index contributed by atoms with van der Waals surface area (Å²) in [5.74, 6) is 0.693. The van der Waals surface area contributed by atoms with Crippen LogP contribution in [0.25, 0.3) is 0 Å². The largest absolute Gasteiger partial charge is 0.299 e. The Labute approximate surface area is 146 Å². The number of nitrogens with one attached hydrogen (secondary N) is 1.